The Morgan fingerprint density at radius 3 is 2.48 bits per heavy atom. The van der Waals surface area contributed by atoms with Gasteiger partial charge in [0.05, 0.1) is 11.4 Å². The van der Waals surface area contributed by atoms with Crippen molar-refractivity contribution in [1.82, 2.24) is 9.55 Å². The lowest BCUT2D eigenvalue weighted by Gasteiger charge is -2.09. The van der Waals surface area contributed by atoms with Crippen molar-refractivity contribution in [1.29, 1.82) is 0 Å². The number of aromatic hydroxyl groups is 1. The van der Waals surface area contributed by atoms with Crippen LogP contribution in [0.4, 0.5) is 0 Å². The van der Waals surface area contributed by atoms with Crippen molar-refractivity contribution in [3.05, 3.63) is 74.1 Å². The van der Waals surface area contributed by atoms with Gasteiger partial charge in [-0.2, -0.15) is 0 Å². The maximum atomic E-state index is 12.1. The van der Waals surface area contributed by atoms with E-state index in [0.717, 1.165) is 15.9 Å². The van der Waals surface area contributed by atoms with E-state index in [1.807, 2.05) is 19.9 Å². The molecule has 23 heavy (non-hydrogen) atoms. The summed E-state index contributed by atoms with van der Waals surface area (Å²) in [5.41, 5.74) is 1.40. The number of rotatable bonds is 2. The van der Waals surface area contributed by atoms with Gasteiger partial charge in [-0.3, -0.25) is 14.8 Å². The fraction of sp³-hybridized carbons (Fsp3) is 0.118. The molecule has 0 radical (unpaired) electrons. The highest BCUT2D eigenvalue weighted by Crippen LogP contribution is 2.24. The van der Waals surface area contributed by atoms with Crippen molar-refractivity contribution in [3.63, 3.8) is 0 Å². The van der Waals surface area contributed by atoms with Crippen LogP contribution in [0.15, 0.2) is 62.3 Å². The maximum Gasteiger partial charge on any atom is 0.335 e. The first-order chi connectivity index (χ1) is 11.0. The van der Waals surface area contributed by atoms with Crippen LogP contribution in [0.5, 0.6) is 5.88 Å². The minimum Gasteiger partial charge on any atom is -0.494 e. The van der Waals surface area contributed by atoms with Gasteiger partial charge in [0.2, 0.25) is 5.88 Å². The highest BCUT2D eigenvalue weighted by atomic mass is 16.3. The molecule has 6 nitrogen and oxygen atoms in total. The fourth-order valence-electron chi connectivity index (χ4n) is 2.47. The zero-order valence-corrected chi connectivity index (χ0v) is 12.7. The van der Waals surface area contributed by atoms with Crippen molar-refractivity contribution in [2.75, 3.05) is 0 Å². The summed E-state index contributed by atoms with van der Waals surface area (Å²) in [5.74, 6) is -0.412. The molecule has 116 valence electrons. The van der Waals surface area contributed by atoms with Crippen LogP contribution >= 0.6 is 0 Å². The Balaban J connectivity index is 2.25. The molecule has 0 aliphatic carbocycles. The van der Waals surface area contributed by atoms with E-state index >= 15 is 0 Å². The van der Waals surface area contributed by atoms with Gasteiger partial charge in [0.25, 0.3) is 5.56 Å². The van der Waals surface area contributed by atoms with Gasteiger partial charge < -0.3 is 5.11 Å². The predicted molar refractivity (Wildman–Crippen MR) is 89.2 cm³/mol. The lowest BCUT2D eigenvalue weighted by Crippen LogP contribution is -2.30. The van der Waals surface area contributed by atoms with E-state index in [4.69, 9.17) is 0 Å². The molecule has 0 saturated heterocycles. The van der Waals surface area contributed by atoms with Crippen LogP contribution in [0.1, 0.15) is 19.4 Å². The normalized spacial score (nSPS) is 15.7. The van der Waals surface area contributed by atoms with E-state index in [1.54, 1.807) is 30.3 Å². The number of H-pyrrole nitrogens is 1. The quantitative estimate of drug-likeness (QED) is 0.889. The van der Waals surface area contributed by atoms with E-state index < -0.39 is 17.1 Å². The lowest BCUT2D eigenvalue weighted by atomic mass is 10.1. The summed E-state index contributed by atoms with van der Waals surface area (Å²) >= 11 is 0. The van der Waals surface area contributed by atoms with Crippen LogP contribution in [-0.4, -0.2) is 20.4 Å². The zero-order valence-electron chi connectivity index (χ0n) is 12.7. The second kappa shape index (κ2) is 5.57. The average Bonchev–Trinajstić information content (AvgIpc) is 2.82. The van der Waals surface area contributed by atoms with E-state index in [-0.39, 0.29) is 5.56 Å². The van der Waals surface area contributed by atoms with Crippen LogP contribution in [0.25, 0.3) is 11.8 Å². The number of aliphatic imine (C=N–C) groups is 1. The standard InChI is InChI=1S/C17H15N3O3/c1-10-8-11(2)18-14(10)9-13-15(21)19-17(23)20(16(13)22)12-6-4-3-5-7-12/h3-9,22H,1-2H3,(H,19,21,23)/b14-9-. The molecule has 2 heterocycles. The minimum absolute atomic E-state index is 0.00495. The summed E-state index contributed by atoms with van der Waals surface area (Å²) in [6.45, 7) is 3.71. The molecule has 6 heteroatoms. The molecule has 0 saturated carbocycles. The number of nitrogens with zero attached hydrogens (tertiary/aromatic N) is 2. The number of aromatic nitrogens is 2. The molecule has 1 aromatic heterocycles. The smallest absolute Gasteiger partial charge is 0.335 e. The summed E-state index contributed by atoms with van der Waals surface area (Å²) < 4.78 is 1.05. The van der Waals surface area contributed by atoms with Crippen molar-refractivity contribution < 1.29 is 5.11 Å². The van der Waals surface area contributed by atoms with Gasteiger partial charge >= 0.3 is 5.69 Å². The molecule has 1 aliphatic heterocycles. The topological polar surface area (TPSA) is 87.4 Å². The monoisotopic (exact) mass is 309 g/mol. The molecule has 0 unspecified atom stereocenters. The molecule has 1 aliphatic rings. The van der Waals surface area contributed by atoms with Crippen molar-refractivity contribution in [2.24, 2.45) is 4.99 Å². The number of hydrogen-bond donors (Lipinski definition) is 2. The van der Waals surface area contributed by atoms with Gasteiger partial charge in [0, 0.05) is 5.71 Å². The number of benzene rings is 1. The van der Waals surface area contributed by atoms with E-state index in [9.17, 15) is 14.7 Å². The Morgan fingerprint density at radius 2 is 1.87 bits per heavy atom. The van der Waals surface area contributed by atoms with Crippen molar-refractivity contribution >= 4 is 11.8 Å². The van der Waals surface area contributed by atoms with Gasteiger partial charge in [0.15, 0.2) is 0 Å². The molecule has 0 amide bonds. The molecule has 2 aromatic rings. The molecule has 0 spiro atoms. The molecular formula is C17H15N3O3. The molecule has 3 rings (SSSR count). The summed E-state index contributed by atoms with van der Waals surface area (Å²) in [6.07, 6.45) is 3.36. The Morgan fingerprint density at radius 1 is 1.17 bits per heavy atom. The summed E-state index contributed by atoms with van der Waals surface area (Å²) in [6, 6.07) is 8.60. The fourth-order valence-corrected chi connectivity index (χ4v) is 2.47. The zero-order chi connectivity index (χ0) is 16.6. The summed E-state index contributed by atoms with van der Waals surface area (Å²) in [7, 11) is 0. The number of aromatic amines is 1. The van der Waals surface area contributed by atoms with Crippen LogP contribution in [0, 0.1) is 0 Å². The molecule has 0 atom stereocenters. The molecule has 2 N–H and O–H groups in total. The summed E-state index contributed by atoms with van der Waals surface area (Å²) in [5, 5.41) is 10.4. The first-order valence-electron chi connectivity index (χ1n) is 7.07. The summed E-state index contributed by atoms with van der Waals surface area (Å²) in [4.78, 5) is 30.7. The van der Waals surface area contributed by atoms with Gasteiger partial charge in [-0.05, 0) is 43.7 Å². The Kier molecular flexibility index (Phi) is 3.57. The second-order valence-corrected chi connectivity index (χ2v) is 5.28. The van der Waals surface area contributed by atoms with Crippen molar-refractivity contribution in [2.45, 2.75) is 13.8 Å². The van der Waals surface area contributed by atoms with Crippen LogP contribution in [-0.2, 0) is 0 Å². The lowest BCUT2D eigenvalue weighted by molar-refractivity contribution is 0.429. The Labute approximate surface area is 131 Å². The van der Waals surface area contributed by atoms with Gasteiger partial charge in [-0.1, -0.05) is 18.2 Å². The number of hydrogen-bond acceptors (Lipinski definition) is 4. The third-order valence-corrected chi connectivity index (χ3v) is 3.54. The number of allylic oxidation sites excluding steroid dienone is 2. The van der Waals surface area contributed by atoms with E-state index in [1.165, 1.54) is 6.08 Å². The molecular weight excluding hydrogens is 294 g/mol. The van der Waals surface area contributed by atoms with E-state index in [2.05, 4.69) is 9.98 Å². The third kappa shape index (κ3) is 2.66. The van der Waals surface area contributed by atoms with Crippen LogP contribution < -0.4 is 11.2 Å². The van der Waals surface area contributed by atoms with Crippen LogP contribution in [0.3, 0.4) is 0 Å². The minimum atomic E-state index is -0.695. The average molecular weight is 309 g/mol. The van der Waals surface area contributed by atoms with Gasteiger partial charge in [0.1, 0.15) is 5.56 Å². The Bertz CT molecular complexity index is 976. The highest BCUT2D eigenvalue weighted by molar-refractivity contribution is 5.98. The number of nitrogens with one attached hydrogen (secondary N) is 1. The maximum absolute atomic E-state index is 12.1. The molecule has 1 aromatic carbocycles. The van der Waals surface area contributed by atoms with Gasteiger partial charge in [-0.15, -0.1) is 0 Å². The first kappa shape index (κ1) is 14.8. The largest absolute Gasteiger partial charge is 0.494 e. The second-order valence-electron chi connectivity index (χ2n) is 5.28. The number of para-hydroxylation sites is 1. The van der Waals surface area contributed by atoms with Gasteiger partial charge in [-0.25, -0.2) is 9.36 Å². The van der Waals surface area contributed by atoms with Crippen molar-refractivity contribution in [3.8, 4) is 11.6 Å². The van der Waals surface area contributed by atoms with E-state index in [0.29, 0.717) is 11.4 Å². The molecule has 0 bridgehead atoms. The van der Waals surface area contributed by atoms with Crippen LogP contribution in [0.2, 0.25) is 0 Å². The third-order valence-electron chi connectivity index (χ3n) is 3.54. The molecule has 0 fully saturated rings. The first-order valence-corrected chi connectivity index (χ1v) is 7.07. The SMILES string of the molecule is CC1=CC(C)=N/C1=C\c1c(O)n(-c2ccccc2)c(=O)[nH]c1=O. The Hall–Kier alpha value is -3.15. The predicted octanol–water partition coefficient (Wildman–Crippen LogP) is 1.99. The highest BCUT2D eigenvalue weighted by Gasteiger charge is 2.16.